The topological polar surface area (TPSA) is 96.4 Å². The maximum atomic E-state index is 14.3. The third-order valence-electron chi connectivity index (χ3n) is 8.32. The lowest BCUT2D eigenvalue weighted by Crippen LogP contribution is -2.58. The van der Waals surface area contributed by atoms with Gasteiger partial charge >= 0.3 is 5.97 Å². The lowest BCUT2D eigenvalue weighted by Gasteiger charge is -2.38. The number of hydrogen-bond acceptors (Lipinski definition) is 6. The van der Waals surface area contributed by atoms with Gasteiger partial charge in [-0.25, -0.2) is 0 Å². The highest BCUT2D eigenvalue weighted by atomic mass is 16.6. The molecule has 1 spiro atoms. The number of aliphatic hydroxyl groups is 1. The highest BCUT2D eigenvalue weighted by Crippen LogP contribution is 2.53. The molecule has 1 unspecified atom stereocenters. The summed E-state index contributed by atoms with van der Waals surface area (Å²) < 4.78 is 12.2. The number of cyclic esters (lactones) is 1. The summed E-state index contributed by atoms with van der Waals surface area (Å²) in [6.45, 7) is 3.07. The summed E-state index contributed by atoms with van der Waals surface area (Å²) >= 11 is 0. The van der Waals surface area contributed by atoms with Gasteiger partial charge in [-0.3, -0.25) is 14.4 Å². The maximum absolute atomic E-state index is 14.3. The number of ether oxygens (including phenoxy) is 2. The van der Waals surface area contributed by atoms with Crippen molar-refractivity contribution >= 4 is 17.8 Å². The largest absolute Gasteiger partial charge is 0.465 e. The normalized spacial score (nSPS) is 32.4. The number of hydrogen-bond donors (Lipinski definition) is 1. The molecule has 4 aliphatic heterocycles. The Kier molecular flexibility index (Phi) is 8.00. The van der Waals surface area contributed by atoms with Crippen LogP contribution in [0.1, 0.15) is 44.6 Å². The van der Waals surface area contributed by atoms with Crippen molar-refractivity contribution in [2.45, 2.75) is 69.2 Å². The molecule has 38 heavy (non-hydrogen) atoms. The first-order valence-corrected chi connectivity index (χ1v) is 14.0. The first kappa shape index (κ1) is 26.6. The minimum absolute atomic E-state index is 0.197. The van der Waals surface area contributed by atoms with Crippen LogP contribution < -0.4 is 0 Å². The number of unbranched alkanes of at least 4 members (excludes halogenated alkanes) is 2. The van der Waals surface area contributed by atoms with Crippen molar-refractivity contribution in [1.29, 1.82) is 0 Å². The fourth-order valence-corrected chi connectivity index (χ4v) is 6.52. The number of allylic oxidation sites excluding steroid dienone is 1. The smallest absolute Gasteiger partial charge is 0.312 e. The molecule has 2 amide bonds. The number of rotatable bonds is 8. The molecule has 4 aliphatic rings. The number of likely N-dealkylation sites (tertiary alicyclic amines) is 1. The molecular weight excluding hydrogens is 484 g/mol. The molecule has 0 aromatic heterocycles. The molecule has 5 rings (SSSR count). The fraction of sp³-hybridized carbons (Fsp3) is 0.567. The first-order valence-electron chi connectivity index (χ1n) is 14.0. The van der Waals surface area contributed by atoms with Gasteiger partial charge in [-0.15, -0.1) is 0 Å². The zero-order chi connectivity index (χ0) is 26.7. The van der Waals surface area contributed by atoms with Crippen LogP contribution >= 0.6 is 0 Å². The fourth-order valence-electron chi connectivity index (χ4n) is 6.52. The van der Waals surface area contributed by atoms with Gasteiger partial charge in [0.1, 0.15) is 17.6 Å². The lowest BCUT2D eigenvalue weighted by atomic mass is 9.78. The van der Waals surface area contributed by atoms with Crippen LogP contribution in [-0.4, -0.2) is 82.8 Å². The molecule has 2 saturated heterocycles. The van der Waals surface area contributed by atoms with Crippen molar-refractivity contribution in [3.05, 3.63) is 60.2 Å². The lowest BCUT2D eigenvalue weighted by molar-refractivity contribution is -0.156. The summed E-state index contributed by atoms with van der Waals surface area (Å²) in [5.74, 6) is -2.77. The second kappa shape index (κ2) is 11.4. The molecule has 1 aromatic carbocycles. The Hall–Kier alpha value is -2.97. The molecule has 8 heteroatoms. The Morgan fingerprint density at radius 1 is 1.11 bits per heavy atom. The van der Waals surface area contributed by atoms with Gasteiger partial charge in [0, 0.05) is 13.1 Å². The van der Waals surface area contributed by atoms with Crippen LogP contribution in [0.15, 0.2) is 54.6 Å². The van der Waals surface area contributed by atoms with Crippen LogP contribution in [0.3, 0.4) is 0 Å². The van der Waals surface area contributed by atoms with E-state index < -0.39 is 41.6 Å². The van der Waals surface area contributed by atoms with Gasteiger partial charge in [0.05, 0.1) is 31.3 Å². The van der Waals surface area contributed by atoms with E-state index in [0.717, 1.165) is 31.2 Å². The SMILES string of the molecule is CCCCCN1CC=C[C@]23O[C@@H]4/C=C\CCCOC(=O)[C@@H]4[C@H]2C(=O)N([C@@H](CO)Cc2ccccc2)C3C1=O. The van der Waals surface area contributed by atoms with E-state index >= 15 is 0 Å². The molecular formula is C30H38N2O6. The van der Waals surface area contributed by atoms with Gasteiger partial charge in [-0.1, -0.05) is 74.4 Å². The molecule has 0 radical (unpaired) electrons. The van der Waals surface area contributed by atoms with Crippen molar-refractivity contribution < 1.29 is 29.0 Å². The number of carbonyl (C=O) groups is 3. The van der Waals surface area contributed by atoms with E-state index in [-0.39, 0.29) is 25.0 Å². The molecule has 4 heterocycles. The van der Waals surface area contributed by atoms with Crippen LogP contribution in [-0.2, 0) is 30.3 Å². The predicted molar refractivity (Wildman–Crippen MR) is 141 cm³/mol. The van der Waals surface area contributed by atoms with Gasteiger partial charge < -0.3 is 24.4 Å². The molecule has 1 aromatic rings. The van der Waals surface area contributed by atoms with Crippen LogP contribution in [0, 0.1) is 11.8 Å². The Labute approximate surface area is 224 Å². The van der Waals surface area contributed by atoms with Gasteiger partial charge in [0.15, 0.2) is 0 Å². The Balaban J connectivity index is 1.58. The monoisotopic (exact) mass is 522 g/mol. The Bertz CT molecular complexity index is 1090. The van der Waals surface area contributed by atoms with Crippen LogP contribution in [0.5, 0.6) is 0 Å². The van der Waals surface area contributed by atoms with Crippen LogP contribution in [0.4, 0.5) is 0 Å². The molecule has 1 N–H and O–H groups in total. The van der Waals surface area contributed by atoms with Crippen molar-refractivity contribution in [3.63, 3.8) is 0 Å². The number of benzene rings is 1. The van der Waals surface area contributed by atoms with E-state index in [2.05, 4.69) is 6.92 Å². The summed E-state index contributed by atoms with van der Waals surface area (Å²) in [6, 6.07) is 8.00. The predicted octanol–water partition coefficient (Wildman–Crippen LogP) is 2.65. The van der Waals surface area contributed by atoms with Crippen molar-refractivity contribution in [2.24, 2.45) is 11.8 Å². The Morgan fingerprint density at radius 3 is 2.68 bits per heavy atom. The summed E-state index contributed by atoms with van der Waals surface area (Å²) in [5, 5.41) is 10.5. The number of fused-ring (bicyclic) bond motifs is 2. The molecule has 0 aliphatic carbocycles. The quantitative estimate of drug-likeness (QED) is 0.320. The van der Waals surface area contributed by atoms with Gasteiger partial charge in [0.2, 0.25) is 11.8 Å². The van der Waals surface area contributed by atoms with E-state index in [9.17, 15) is 19.5 Å². The van der Waals surface area contributed by atoms with E-state index in [4.69, 9.17) is 9.47 Å². The number of nitrogens with zero attached hydrogens (tertiary/aromatic N) is 2. The van der Waals surface area contributed by atoms with E-state index in [1.165, 1.54) is 4.90 Å². The summed E-state index contributed by atoms with van der Waals surface area (Å²) in [7, 11) is 0. The molecule has 0 saturated carbocycles. The van der Waals surface area contributed by atoms with Crippen molar-refractivity contribution in [1.82, 2.24) is 9.80 Å². The number of amides is 2. The van der Waals surface area contributed by atoms with E-state index in [0.29, 0.717) is 25.9 Å². The average molecular weight is 523 g/mol. The second-order valence-electron chi connectivity index (χ2n) is 10.7. The maximum Gasteiger partial charge on any atom is 0.312 e. The molecule has 0 bridgehead atoms. The van der Waals surface area contributed by atoms with Crippen LogP contribution in [0.25, 0.3) is 0 Å². The third kappa shape index (κ3) is 4.69. The van der Waals surface area contributed by atoms with E-state index in [1.54, 1.807) is 4.90 Å². The standard InChI is InChI=1S/C30H38N2O6/c1-2-3-9-16-31-17-11-15-30-25(24-23(38-30)14-8-5-10-18-37-29(24)36)27(34)32(26(30)28(31)35)22(20-33)19-21-12-6-4-7-13-21/h4,6-8,11-15,22-26,33H,2-3,5,9-10,16-20H2,1H3/b14-8-/t22-,23-,24+,25+,26?,30+/m1/s1. The zero-order valence-corrected chi connectivity index (χ0v) is 22.0. The number of carbonyl (C=O) groups excluding carboxylic acids is 3. The third-order valence-corrected chi connectivity index (χ3v) is 8.32. The summed E-state index contributed by atoms with van der Waals surface area (Å²) in [4.78, 5) is 45.3. The van der Waals surface area contributed by atoms with Gasteiger partial charge in [-0.2, -0.15) is 0 Å². The van der Waals surface area contributed by atoms with Gasteiger partial charge in [-0.05, 0) is 31.2 Å². The summed E-state index contributed by atoms with van der Waals surface area (Å²) in [5.41, 5.74) is -0.360. The average Bonchev–Trinajstić information content (AvgIpc) is 3.34. The first-order chi connectivity index (χ1) is 18.5. The molecule has 6 atom stereocenters. The second-order valence-corrected chi connectivity index (χ2v) is 10.7. The van der Waals surface area contributed by atoms with E-state index in [1.807, 2.05) is 54.6 Å². The summed E-state index contributed by atoms with van der Waals surface area (Å²) in [6.07, 6.45) is 11.6. The number of aliphatic hydroxyl groups excluding tert-OH is 1. The van der Waals surface area contributed by atoms with Gasteiger partial charge in [0.25, 0.3) is 0 Å². The highest BCUT2D eigenvalue weighted by molar-refractivity contribution is 5.99. The van der Waals surface area contributed by atoms with Crippen LogP contribution in [0.2, 0.25) is 0 Å². The minimum Gasteiger partial charge on any atom is -0.465 e. The number of esters is 1. The molecule has 8 nitrogen and oxygen atoms in total. The Morgan fingerprint density at radius 2 is 1.92 bits per heavy atom. The molecule has 2 fully saturated rings. The van der Waals surface area contributed by atoms with Crippen molar-refractivity contribution in [3.8, 4) is 0 Å². The zero-order valence-electron chi connectivity index (χ0n) is 22.0. The highest BCUT2D eigenvalue weighted by Gasteiger charge is 2.72. The molecule has 204 valence electrons. The van der Waals surface area contributed by atoms with Crippen molar-refractivity contribution in [2.75, 3.05) is 26.3 Å². The minimum atomic E-state index is -1.31.